The van der Waals surface area contributed by atoms with Gasteiger partial charge in [-0.15, -0.1) is 0 Å². The average molecular weight is 447 g/mol. The van der Waals surface area contributed by atoms with E-state index in [9.17, 15) is 14.4 Å². The Morgan fingerprint density at radius 3 is 2.42 bits per heavy atom. The maximum absolute atomic E-state index is 13.1. The van der Waals surface area contributed by atoms with Gasteiger partial charge in [0.15, 0.2) is 5.82 Å². The van der Waals surface area contributed by atoms with Gasteiger partial charge in [-0.2, -0.15) is 9.78 Å². The molecule has 1 N–H and O–H groups in total. The number of aromatic nitrogens is 5. The lowest BCUT2D eigenvalue weighted by Gasteiger charge is -2.13. The first-order chi connectivity index (χ1) is 15.7. The van der Waals surface area contributed by atoms with Crippen LogP contribution < -0.4 is 16.6 Å². The van der Waals surface area contributed by atoms with Crippen LogP contribution in [-0.4, -0.2) is 29.8 Å². The van der Waals surface area contributed by atoms with Crippen LogP contribution in [0.4, 0.5) is 5.82 Å². The van der Waals surface area contributed by atoms with E-state index in [1.807, 2.05) is 26.8 Å². The van der Waals surface area contributed by atoms with Gasteiger partial charge in [-0.3, -0.25) is 18.7 Å². The van der Waals surface area contributed by atoms with Crippen molar-refractivity contribution in [3.05, 3.63) is 81.3 Å². The van der Waals surface area contributed by atoms with Crippen molar-refractivity contribution >= 4 is 22.6 Å². The van der Waals surface area contributed by atoms with Crippen LogP contribution in [-0.2, 0) is 23.3 Å². The fourth-order valence-electron chi connectivity index (χ4n) is 3.62. The van der Waals surface area contributed by atoms with E-state index in [0.717, 1.165) is 10.3 Å². The molecular formula is C24H26N6O3. The van der Waals surface area contributed by atoms with Gasteiger partial charge in [0.2, 0.25) is 5.91 Å². The predicted molar refractivity (Wildman–Crippen MR) is 127 cm³/mol. The number of rotatable bonds is 5. The summed E-state index contributed by atoms with van der Waals surface area (Å²) in [6, 6.07) is 14.0. The number of anilines is 1. The largest absolute Gasteiger partial charge is 0.331 e. The molecule has 1 amide bonds. The van der Waals surface area contributed by atoms with Crippen LogP contribution in [0.5, 0.6) is 0 Å². The Kier molecular flexibility index (Phi) is 5.71. The summed E-state index contributed by atoms with van der Waals surface area (Å²) in [4.78, 5) is 43.0. The predicted octanol–water partition coefficient (Wildman–Crippen LogP) is 2.70. The molecule has 0 unspecified atom stereocenters. The topological polar surface area (TPSA) is 104 Å². The summed E-state index contributed by atoms with van der Waals surface area (Å²) in [5.41, 5.74) is 0.0674. The number of carbonyl (C=O) groups is 1. The summed E-state index contributed by atoms with van der Waals surface area (Å²) in [6.45, 7) is 7.78. The number of amides is 1. The van der Waals surface area contributed by atoms with Crippen LogP contribution in [0.25, 0.3) is 16.7 Å². The molecule has 0 atom stereocenters. The Balaban J connectivity index is 1.74. The third-order valence-corrected chi connectivity index (χ3v) is 5.36. The zero-order chi connectivity index (χ0) is 23.8. The van der Waals surface area contributed by atoms with E-state index in [-0.39, 0.29) is 24.1 Å². The third kappa shape index (κ3) is 4.21. The number of pyridine rings is 1. The van der Waals surface area contributed by atoms with Crippen LogP contribution in [0.3, 0.4) is 0 Å². The summed E-state index contributed by atoms with van der Waals surface area (Å²) in [7, 11) is 0. The Morgan fingerprint density at radius 1 is 1.03 bits per heavy atom. The molecule has 0 aliphatic carbocycles. The van der Waals surface area contributed by atoms with Crippen LogP contribution in [0, 0.1) is 0 Å². The molecule has 0 radical (unpaired) electrons. The lowest BCUT2D eigenvalue weighted by molar-refractivity contribution is -0.116. The number of nitrogens with zero attached hydrogens (tertiary/aromatic N) is 5. The SMILES string of the molecule is CCn1c(=O)c2ccccc2n(CC(=O)Nc2cc(C(C)(C)C)nn2-c2ccccn2)c1=O. The van der Waals surface area contributed by atoms with E-state index >= 15 is 0 Å². The van der Waals surface area contributed by atoms with E-state index in [1.165, 1.54) is 4.57 Å². The van der Waals surface area contributed by atoms with E-state index in [0.29, 0.717) is 22.5 Å². The second-order valence-corrected chi connectivity index (χ2v) is 8.75. The van der Waals surface area contributed by atoms with Gasteiger partial charge in [-0.05, 0) is 31.2 Å². The van der Waals surface area contributed by atoms with Gasteiger partial charge in [-0.25, -0.2) is 9.78 Å². The van der Waals surface area contributed by atoms with Crippen molar-refractivity contribution in [3.63, 3.8) is 0 Å². The molecule has 3 heterocycles. The third-order valence-electron chi connectivity index (χ3n) is 5.36. The molecule has 9 nitrogen and oxygen atoms in total. The molecule has 9 heteroatoms. The van der Waals surface area contributed by atoms with Crippen molar-refractivity contribution in [2.75, 3.05) is 5.32 Å². The molecule has 4 aromatic rings. The van der Waals surface area contributed by atoms with Crippen molar-refractivity contribution in [2.24, 2.45) is 0 Å². The van der Waals surface area contributed by atoms with Gasteiger partial charge >= 0.3 is 5.69 Å². The summed E-state index contributed by atoms with van der Waals surface area (Å²) in [5.74, 6) is 0.594. The maximum atomic E-state index is 13.1. The van der Waals surface area contributed by atoms with Crippen LogP contribution in [0.1, 0.15) is 33.4 Å². The van der Waals surface area contributed by atoms with Crippen molar-refractivity contribution in [1.29, 1.82) is 0 Å². The van der Waals surface area contributed by atoms with Crippen molar-refractivity contribution in [1.82, 2.24) is 23.9 Å². The van der Waals surface area contributed by atoms with E-state index < -0.39 is 11.6 Å². The summed E-state index contributed by atoms with van der Waals surface area (Å²) >= 11 is 0. The number of hydrogen-bond acceptors (Lipinski definition) is 5. The van der Waals surface area contributed by atoms with Crippen LogP contribution in [0.15, 0.2) is 64.3 Å². The first-order valence-corrected chi connectivity index (χ1v) is 10.7. The minimum atomic E-state index is -0.523. The van der Waals surface area contributed by atoms with E-state index in [2.05, 4.69) is 15.4 Å². The second-order valence-electron chi connectivity index (χ2n) is 8.75. The molecular weight excluding hydrogens is 420 g/mol. The smallest absolute Gasteiger partial charge is 0.309 e. The molecule has 0 bridgehead atoms. The summed E-state index contributed by atoms with van der Waals surface area (Å²) in [5, 5.41) is 7.90. The average Bonchev–Trinajstić information content (AvgIpc) is 3.22. The molecule has 3 aromatic heterocycles. The molecule has 0 spiro atoms. The first kappa shape index (κ1) is 22.2. The number of carbonyl (C=O) groups excluding carboxylic acids is 1. The number of nitrogens with one attached hydrogen (secondary N) is 1. The highest BCUT2D eigenvalue weighted by Gasteiger charge is 2.22. The molecule has 0 aliphatic rings. The molecule has 0 aliphatic heterocycles. The number of benzene rings is 1. The quantitative estimate of drug-likeness (QED) is 0.508. The molecule has 170 valence electrons. The van der Waals surface area contributed by atoms with Crippen molar-refractivity contribution < 1.29 is 4.79 Å². The van der Waals surface area contributed by atoms with Crippen molar-refractivity contribution in [2.45, 2.75) is 46.2 Å². The Morgan fingerprint density at radius 2 is 1.76 bits per heavy atom. The Bertz CT molecular complexity index is 1440. The second kappa shape index (κ2) is 8.50. The van der Waals surface area contributed by atoms with Crippen LogP contribution in [0.2, 0.25) is 0 Å². The van der Waals surface area contributed by atoms with Gasteiger partial charge in [0, 0.05) is 24.2 Å². The number of para-hydroxylation sites is 1. The highest BCUT2D eigenvalue weighted by molar-refractivity contribution is 5.91. The van der Waals surface area contributed by atoms with Crippen molar-refractivity contribution in [3.8, 4) is 5.82 Å². The zero-order valence-corrected chi connectivity index (χ0v) is 19.1. The van der Waals surface area contributed by atoms with Gasteiger partial charge in [0.25, 0.3) is 5.56 Å². The Labute approximate surface area is 190 Å². The zero-order valence-electron chi connectivity index (χ0n) is 19.1. The normalized spacial score (nSPS) is 11.6. The lowest BCUT2D eigenvalue weighted by atomic mass is 9.92. The molecule has 0 fully saturated rings. The minimum Gasteiger partial charge on any atom is -0.309 e. The standard InChI is InChI=1S/C24H26N6O3/c1-5-28-22(32)16-10-6-7-11-17(16)29(23(28)33)15-21(31)26-20-14-18(24(2,3)4)27-30(20)19-12-8-9-13-25-19/h6-14H,5,15H2,1-4H3,(H,26,31). The molecule has 4 rings (SSSR count). The maximum Gasteiger partial charge on any atom is 0.331 e. The summed E-state index contributed by atoms with van der Waals surface area (Å²) in [6.07, 6.45) is 1.65. The number of fused-ring (bicyclic) bond motifs is 1. The minimum absolute atomic E-state index is 0.214. The van der Waals surface area contributed by atoms with E-state index in [1.54, 1.807) is 60.3 Å². The van der Waals surface area contributed by atoms with Gasteiger partial charge in [-0.1, -0.05) is 39.0 Å². The summed E-state index contributed by atoms with van der Waals surface area (Å²) < 4.78 is 4.03. The highest BCUT2D eigenvalue weighted by atomic mass is 16.2. The fourth-order valence-corrected chi connectivity index (χ4v) is 3.62. The van der Waals surface area contributed by atoms with Crippen LogP contribution >= 0.6 is 0 Å². The molecule has 0 saturated heterocycles. The molecule has 1 aromatic carbocycles. The monoisotopic (exact) mass is 446 g/mol. The highest BCUT2D eigenvalue weighted by Crippen LogP contribution is 2.25. The van der Waals surface area contributed by atoms with E-state index in [4.69, 9.17) is 0 Å². The van der Waals surface area contributed by atoms with Gasteiger partial charge < -0.3 is 5.32 Å². The fraction of sp³-hybridized carbons (Fsp3) is 0.292. The Hall–Kier alpha value is -4.01. The van der Waals surface area contributed by atoms with Gasteiger partial charge in [0.05, 0.1) is 16.6 Å². The lowest BCUT2D eigenvalue weighted by Crippen LogP contribution is -2.41. The first-order valence-electron chi connectivity index (χ1n) is 10.7. The van der Waals surface area contributed by atoms with Gasteiger partial charge in [0.1, 0.15) is 12.4 Å². The molecule has 33 heavy (non-hydrogen) atoms. The molecule has 0 saturated carbocycles. The number of hydrogen-bond donors (Lipinski definition) is 1.